The molecule has 4 heterocycles. The van der Waals surface area contributed by atoms with Crippen molar-refractivity contribution < 1.29 is 14.3 Å². The Morgan fingerprint density at radius 2 is 2.03 bits per heavy atom. The van der Waals surface area contributed by atoms with Crippen LogP contribution in [0.3, 0.4) is 0 Å². The topological polar surface area (TPSA) is 105 Å². The zero-order valence-corrected chi connectivity index (χ0v) is 22.4. The van der Waals surface area contributed by atoms with E-state index >= 15 is 0 Å². The number of aromatic nitrogens is 4. The zero-order chi connectivity index (χ0) is 25.5. The maximum Gasteiger partial charge on any atom is 0.407 e. The van der Waals surface area contributed by atoms with Crippen LogP contribution >= 0.6 is 23.4 Å². The van der Waals surface area contributed by atoms with Crippen molar-refractivity contribution in [2.75, 3.05) is 24.6 Å². The summed E-state index contributed by atoms with van der Waals surface area (Å²) in [6.07, 6.45) is 6.64. The number of carbonyl (C=O) groups excluding carboxylic acids is 1. The van der Waals surface area contributed by atoms with Crippen LogP contribution in [0.2, 0.25) is 5.02 Å². The number of hydrogen-bond acceptors (Lipinski definition) is 8. The number of aromatic amines is 1. The van der Waals surface area contributed by atoms with E-state index in [1.54, 1.807) is 12.4 Å². The molecule has 1 amide bonds. The van der Waals surface area contributed by atoms with E-state index in [-0.39, 0.29) is 17.6 Å². The standard InChI is InChI=1S/C25H31ClN6O3S/c1-15-22(30-23(33)35-24(2,3)4)25(14-34-15)7-9-32(10-8-25)19-12-28-20(13-27-19)36-18-6-5-17-16(21(18)26)11-29-31-17/h5-6,11-13,15,22H,7-10,14H2,1-4H3,(H,29,31)(H,30,33)/t15-,22+/m0/s1. The van der Waals surface area contributed by atoms with Gasteiger partial charge in [0.05, 0.1) is 47.9 Å². The Morgan fingerprint density at radius 3 is 2.72 bits per heavy atom. The average molecular weight is 531 g/mol. The van der Waals surface area contributed by atoms with Crippen molar-refractivity contribution in [1.29, 1.82) is 0 Å². The molecule has 11 heteroatoms. The smallest absolute Gasteiger partial charge is 0.407 e. The third kappa shape index (κ3) is 5.12. The van der Waals surface area contributed by atoms with Crippen molar-refractivity contribution in [3.8, 4) is 0 Å². The van der Waals surface area contributed by atoms with Crippen molar-refractivity contribution in [2.45, 2.75) is 68.2 Å². The second-order valence-electron chi connectivity index (χ2n) is 10.5. The molecule has 0 bridgehead atoms. The second kappa shape index (κ2) is 9.72. The summed E-state index contributed by atoms with van der Waals surface area (Å²) in [7, 11) is 0. The molecular formula is C25H31ClN6O3S. The van der Waals surface area contributed by atoms with E-state index in [9.17, 15) is 4.79 Å². The molecular weight excluding hydrogens is 500 g/mol. The number of alkyl carbamates (subject to hydrolysis) is 1. The number of benzene rings is 1. The van der Waals surface area contributed by atoms with E-state index in [0.717, 1.165) is 52.6 Å². The van der Waals surface area contributed by atoms with Gasteiger partial charge < -0.3 is 19.7 Å². The summed E-state index contributed by atoms with van der Waals surface area (Å²) in [5.74, 6) is 0.842. The first-order valence-corrected chi connectivity index (χ1v) is 13.3. The summed E-state index contributed by atoms with van der Waals surface area (Å²) >= 11 is 8.03. The first-order chi connectivity index (χ1) is 17.1. The minimum Gasteiger partial charge on any atom is -0.444 e. The fraction of sp³-hybridized carbons (Fsp3) is 0.520. The fourth-order valence-corrected chi connectivity index (χ4v) is 6.10. The molecule has 2 fully saturated rings. The van der Waals surface area contributed by atoms with Gasteiger partial charge in [-0.15, -0.1) is 0 Å². The number of nitrogens with zero attached hydrogens (tertiary/aromatic N) is 4. The lowest BCUT2D eigenvalue weighted by Gasteiger charge is -2.42. The van der Waals surface area contributed by atoms with Gasteiger partial charge in [0.2, 0.25) is 0 Å². The molecule has 0 radical (unpaired) electrons. The molecule has 0 saturated carbocycles. The number of amides is 1. The predicted octanol–water partition coefficient (Wildman–Crippen LogP) is 5.06. The molecule has 2 atom stereocenters. The Labute approximate surface area is 219 Å². The lowest BCUT2D eigenvalue weighted by molar-refractivity contribution is 0.0434. The van der Waals surface area contributed by atoms with Crippen LogP contribution in [-0.2, 0) is 9.47 Å². The number of hydrogen-bond donors (Lipinski definition) is 2. The number of nitrogens with one attached hydrogen (secondary N) is 2. The second-order valence-corrected chi connectivity index (χ2v) is 12.0. The van der Waals surface area contributed by atoms with Gasteiger partial charge in [-0.3, -0.25) is 5.10 Å². The van der Waals surface area contributed by atoms with E-state index < -0.39 is 11.7 Å². The highest BCUT2D eigenvalue weighted by Crippen LogP contribution is 2.43. The minimum atomic E-state index is -0.538. The van der Waals surface area contributed by atoms with Crippen molar-refractivity contribution in [3.63, 3.8) is 0 Å². The van der Waals surface area contributed by atoms with Gasteiger partial charge in [-0.1, -0.05) is 23.4 Å². The predicted molar refractivity (Wildman–Crippen MR) is 140 cm³/mol. The van der Waals surface area contributed by atoms with Crippen LogP contribution in [-0.4, -0.2) is 63.7 Å². The summed E-state index contributed by atoms with van der Waals surface area (Å²) in [6, 6.07) is 3.83. The van der Waals surface area contributed by atoms with Gasteiger partial charge in [-0.2, -0.15) is 5.10 Å². The van der Waals surface area contributed by atoms with Crippen LogP contribution in [0.4, 0.5) is 10.6 Å². The number of ether oxygens (including phenoxy) is 2. The van der Waals surface area contributed by atoms with Gasteiger partial charge in [0.1, 0.15) is 16.4 Å². The number of rotatable bonds is 4. The fourth-order valence-electron chi connectivity index (χ4n) is 5.00. The molecule has 2 aliphatic rings. The van der Waals surface area contributed by atoms with E-state index in [0.29, 0.717) is 11.6 Å². The molecule has 36 heavy (non-hydrogen) atoms. The van der Waals surface area contributed by atoms with Crippen LogP contribution in [0.5, 0.6) is 0 Å². The molecule has 192 valence electrons. The summed E-state index contributed by atoms with van der Waals surface area (Å²) in [6.45, 7) is 9.87. The number of piperidine rings is 1. The van der Waals surface area contributed by atoms with Gasteiger partial charge in [-0.05, 0) is 52.7 Å². The van der Waals surface area contributed by atoms with Crippen molar-refractivity contribution >= 4 is 46.2 Å². The number of fused-ring (bicyclic) bond motifs is 1. The van der Waals surface area contributed by atoms with Gasteiger partial charge >= 0.3 is 6.09 Å². The largest absolute Gasteiger partial charge is 0.444 e. The molecule has 0 unspecified atom stereocenters. The summed E-state index contributed by atoms with van der Waals surface area (Å²) in [4.78, 5) is 24.9. The lowest BCUT2D eigenvalue weighted by Crippen LogP contribution is -2.55. The van der Waals surface area contributed by atoms with Gasteiger partial charge in [-0.25, -0.2) is 14.8 Å². The van der Waals surface area contributed by atoms with Crippen LogP contribution in [0, 0.1) is 5.41 Å². The average Bonchev–Trinajstić information content (AvgIpc) is 3.42. The number of carbonyl (C=O) groups is 1. The molecule has 1 spiro atoms. The Morgan fingerprint density at radius 1 is 1.25 bits per heavy atom. The molecule has 2 N–H and O–H groups in total. The van der Waals surface area contributed by atoms with Crippen LogP contribution in [0.15, 0.2) is 40.6 Å². The van der Waals surface area contributed by atoms with Crippen molar-refractivity contribution in [3.05, 3.63) is 35.7 Å². The Balaban J connectivity index is 1.22. The van der Waals surface area contributed by atoms with Crippen molar-refractivity contribution in [2.24, 2.45) is 5.41 Å². The first kappa shape index (κ1) is 25.1. The molecule has 0 aliphatic carbocycles. The molecule has 2 aliphatic heterocycles. The van der Waals surface area contributed by atoms with E-state index in [4.69, 9.17) is 21.1 Å². The SMILES string of the molecule is C[C@@H]1OCC2(CCN(c3cnc(Sc4ccc5[nH]ncc5c4Cl)cn3)CC2)[C@@H]1NC(=O)OC(C)(C)C. The van der Waals surface area contributed by atoms with Crippen LogP contribution in [0.25, 0.3) is 10.9 Å². The van der Waals surface area contributed by atoms with E-state index in [2.05, 4.69) is 30.4 Å². The number of H-pyrrole nitrogens is 1. The molecule has 1 aromatic carbocycles. The monoisotopic (exact) mass is 530 g/mol. The quantitative estimate of drug-likeness (QED) is 0.482. The maximum atomic E-state index is 12.5. The molecule has 2 aromatic heterocycles. The van der Waals surface area contributed by atoms with Gasteiger partial charge in [0, 0.05) is 28.8 Å². The van der Waals surface area contributed by atoms with Gasteiger partial charge in [0.25, 0.3) is 0 Å². The summed E-state index contributed by atoms with van der Waals surface area (Å²) in [5.41, 5.74) is 0.252. The first-order valence-electron chi connectivity index (χ1n) is 12.1. The van der Waals surface area contributed by atoms with Crippen LogP contribution in [0.1, 0.15) is 40.5 Å². The van der Waals surface area contributed by atoms with Crippen LogP contribution < -0.4 is 10.2 Å². The molecule has 5 rings (SSSR count). The van der Waals surface area contributed by atoms with Gasteiger partial charge in [0.15, 0.2) is 0 Å². The number of anilines is 1. The minimum absolute atomic E-state index is 0.0618. The molecule has 9 nitrogen and oxygen atoms in total. The lowest BCUT2D eigenvalue weighted by atomic mass is 9.73. The molecule has 2 saturated heterocycles. The normalized spacial score (nSPS) is 21.8. The highest BCUT2D eigenvalue weighted by atomic mass is 35.5. The Kier molecular flexibility index (Phi) is 6.78. The highest BCUT2D eigenvalue weighted by Gasteiger charge is 2.50. The summed E-state index contributed by atoms with van der Waals surface area (Å²) in [5, 5.41) is 12.4. The maximum absolute atomic E-state index is 12.5. The van der Waals surface area contributed by atoms with E-state index in [1.807, 2.05) is 46.0 Å². The van der Waals surface area contributed by atoms with E-state index in [1.165, 1.54) is 11.8 Å². The Bertz CT molecular complexity index is 1240. The molecule has 3 aromatic rings. The highest BCUT2D eigenvalue weighted by molar-refractivity contribution is 7.99. The summed E-state index contributed by atoms with van der Waals surface area (Å²) < 4.78 is 11.5. The van der Waals surface area contributed by atoms with Crippen molar-refractivity contribution in [1.82, 2.24) is 25.5 Å². The third-order valence-corrected chi connectivity index (χ3v) is 8.37. The zero-order valence-electron chi connectivity index (χ0n) is 20.9. The third-order valence-electron chi connectivity index (χ3n) is 6.87. The number of halogens is 1. The Hall–Kier alpha value is -2.56.